The second kappa shape index (κ2) is 7.87. The number of nitrogens with zero attached hydrogens (tertiary/aromatic N) is 2. The molecule has 5 nitrogen and oxygen atoms in total. The molecule has 1 aromatic heterocycles. The highest BCUT2D eigenvalue weighted by molar-refractivity contribution is 7.98. The molecule has 0 radical (unpaired) electrons. The molecule has 0 aliphatic heterocycles. The molecule has 0 amide bonds. The first-order valence-electron chi connectivity index (χ1n) is 6.27. The maximum atomic E-state index is 11.4. The van der Waals surface area contributed by atoms with E-state index in [9.17, 15) is 4.79 Å². The standard InChI is InChI=1S/C14H14Cl2N2O3S/c1-20-8-18-12(16)11(15)17-14(18)22-7-9-3-5-10(6-4-9)13(19)21-2/h3-6H,7-8H2,1-2H3. The smallest absolute Gasteiger partial charge is 0.337 e. The van der Waals surface area contributed by atoms with Crippen LogP contribution in [0.2, 0.25) is 10.3 Å². The summed E-state index contributed by atoms with van der Waals surface area (Å²) in [5.41, 5.74) is 1.56. The number of halogens is 2. The number of aromatic nitrogens is 2. The molecule has 0 unspecified atom stereocenters. The molecule has 0 saturated carbocycles. The Morgan fingerprint density at radius 3 is 2.55 bits per heavy atom. The fourth-order valence-electron chi connectivity index (χ4n) is 1.74. The molecule has 2 rings (SSSR count). The summed E-state index contributed by atoms with van der Waals surface area (Å²) in [5, 5.41) is 1.28. The van der Waals surface area contributed by atoms with Gasteiger partial charge in [0.05, 0.1) is 12.7 Å². The van der Waals surface area contributed by atoms with Crippen molar-refractivity contribution in [2.24, 2.45) is 0 Å². The lowest BCUT2D eigenvalue weighted by atomic mass is 10.1. The van der Waals surface area contributed by atoms with Crippen LogP contribution in [0.15, 0.2) is 29.4 Å². The van der Waals surface area contributed by atoms with Crippen molar-refractivity contribution < 1.29 is 14.3 Å². The SMILES string of the molecule is COCn1c(SCc2ccc(C(=O)OC)cc2)nc(Cl)c1Cl. The molecule has 0 fully saturated rings. The van der Waals surface area contributed by atoms with Crippen LogP contribution in [0.3, 0.4) is 0 Å². The van der Waals surface area contributed by atoms with Gasteiger partial charge in [-0.25, -0.2) is 9.78 Å². The minimum Gasteiger partial charge on any atom is -0.465 e. The van der Waals surface area contributed by atoms with Gasteiger partial charge in [-0.15, -0.1) is 0 Å². The molecule has 8 heteroatoms. The maximum Gasteiger partial charge on any atom is 0.337 e. The van der Waals surface area contributed by atoms with Gasteiger partial charge in [0.1, 0.15) is 6.73 Å². The van der Waals surface area contributed by atoms with Crippen LogP contribution in [0.1, 0.15) is 15.9 Å². The molecular weight excluding hydrogens is 347 g/mol. The Morgan fingerprint density at radius 2 is 1.95 bits per heavy atom. The van der Waals surface area contributed by atoms with Crippen LogP contribution >= 0.6 is 35.0 Å². The lowest BCUT2D eigenvalue weighted by molar-refractivity contribution is 0.0600. The summed E-state index contributed by atoms with van der Waals surface area (Å²) >= 11 is 13.5. The van der Waals surface area contributed by atoms with E-state index in [0.717, 1.165) is 5.56 Å². The van der Waals surface area contributed by atoms with Crippen LogP contribution in [0, 0.1) is 0 Å². The minimum atomic E-state index is -0.353. The molecule has 1 heterocycles. The molecule has 118 valence electrons. The van der Waals surface area contributed by atoms with Gasteiger partial charge in [0.25, 0.3) is 0 Å². The first-order valence-corrected chi connectivity index (χ1v) is 8.01. The van der Waals surface area contributed by atoms with Gasteiger partial charge in [-0.1, -0.05) is 47.1 Å². The van der Waals surface area contributed by atoms with Crippen LogP contribution in [-0.4, -0.2) is 29.7 Å². The summed E-state index contributed by atoms with van der Waals surface area (Å²) in [7, 11) is 2.93. The van der Waals surface area contributed by atoms with Crippen molar-refractivity contribution in [2.45, 2.75) is 17.6 Å². The van der Waals surface area contributed by atoms with E-state index in [1.807, 2.05) is 12.1 Å². The van der Waals surface area contributed by atoms with Crippen molar-refractivity contribution in [3.8, 4) is 0 Å². The first-order chi connectivity index (χ1) is 10.6. The van der Waals surface area contributed by atoms with Gasteiger partial charge in [0, 0.05) is 12.9 Å². The van der Waals surface area contributed by atoms with Crippen molar-refractivity contribution in [3.63, 3.8) is 0 Å². The predicted octanol–water partition coefficient (Wildman–Crippen LogP) is 3.87. The van der Waals surface area contributed by atoms with E-state index < -0.39 is 0 Å². The Morgan fingerprint density at radius 1 is 1.27 bits per heavy atom. The van der Waals surface area contributed by atoms with Crippen molar-refractivity contribution in [2.75, 3.05) is 14.2 Å². The molecule has 0 saturated heterocycles. The molecule has 2 aromatic rings. The summed E-state index contributed by atoms with van der Waals surface area (Å²) in [6, 6.07) is 7.19. The normalized spacial score (nSPS) is 10.7. The van der Waals surface area contributed by atoms with Gasteiger partial charge in [0.15, 0.2) is 15.5 Å². The number of hydrogen-bond donors (Lipinski definition) is 0. The Balaban J connectivity index is 2.07. The zero-order chi connectivity index (χ0) is 16.1. The van der Waals surface area contributed by atoms with Crippen molar-refractivity contribution in [1.29, 1.82) is 0 Å². The van der Waals surface area contributed by atoms with E-state index in [1.54, 1.807) is 23.8 Å². The van der Waals surface area contributed by atoms with E-state index >= 15 is 0 Å². The van der Waals surface area contributed by atoms with Crippen molar-refractivity contribution in [3.05, 3.63) is 45.7 Å². The second-order valence-corrected chi connectivity index (χ2v) is 5.96. The predicted molar refractivity (Wildman–Crippen MR) is 86.6 cm³/mol. The molecule has 22 heavy (non-hydrogen) atoms. The van der Waals surface area contributed by atoms with Crippen LogP contribution in [-0.2, 0) is 22.0 Å². The highest BCUT2D eigenvalue weighted by Crippen LogP contribution is 2.30. The fraction of sp³-hybridized carbons (Fsp3) is 0.286. The lowest BCUT2D eigenvalue weighted by Crippen LogP contribution is -2.02. The van der Waals surface area contributed by atoms with E-state index in [1.165, 1.54) is 18.9 Å². The number of benzene rings is 1. The van der Waals surface area contributed by atoms with Gasteiger partial charge >= 0.3 is 5.97 Å². The quantitative estimate of drug-likeness (QED) is 0.578. The zero-order valence-electron chi connectivity index (χ0n) is 12.0. The van der Waals surface area contributed by atoms with Crippen molar-refractivity contribution >= 4 is 40.9 Å². The number of imidazole rings is 1. The molecule has 0 N–H and O–H groups in total. The molecule has 0 aliphatic carbocycles. The van der Waals surface area contributed by atoms with E-state index in [-0.39, 0.29) is 17.9 Å². The average Bonchev–Trinajstić information content (AvgIpc) is 2.81. The van der Waals surface area contributed by atoms with Gasteiger partial charge in [-0.05, 0) is 17.7 Å². The zero-order valence-corrected chi connectivity index (χ0v) is 14.3. The highest BCUT2D eigenvalue weighted by Gasteiger charge is 2.14. The summed E-state index contributed by atoms with van der Waals surface area (Å²) in [6.07, 6.45) is 0. The number of carbonyl (C=O) groups is 1. The Kier molecular flexibility index (Phi) is 6.14. The second-order valence-electron chi connectivity index (χ2n) is 4.30. The fourth-order valence-corrected chi connectivity index (χ4v) is 3.14. The Labute approximate surface area is 142 Å². The van der Waals surface area contributed by atoms with Crippen LogP contribution in [0.5, 0.6) is 0 Å². The largest absolute Gasteiger partial charge is 0.465 e. The summed E-state index contributed by atoms with van der Waals surface area (Å²) in [6.45, 7) is 0.280. The first kappa shape index (κ1) is 17.1. The Hall–Kier alpha value is -1.21. The molecule has 0 aliphatic rings. The third-order valence-electron chi connectivity index (χ3n) is 2.83. The number of thioether (sulfide) groups is 1. The average molecular weight is 361 g/mol. The third kappa shape index (κ3) is 3.95. The minimum absolute atomic E-state index is 0.252. The van der Waals surface area contributed by atoms with Crippen LogP contribution < -0.4 is 0 Å². The molecule has 0 bridgehead atoms. The van der Waals surface area contributed by atoms with Gasteiger partial charge in [-0.2, -0.15) is 0 Å². The Bertz CT molecular complexity index is 659. The number of hydrogen-bond acceptors (Lipinski definition) is 5. The highest BCUT2D eigenvalue weighted by atomic mass is 35.5. The van der Waals surface area contributed by atoms with E-state index in [4.69, 9.17) is 27.9 Å². The number of rotatable bonds is 6. The van der Waals surface area contributed by atoms with E-state index in [0.29, 0.717) is 21.6 Å². The molecule has 0 spiro atoms. The summed E-state index contributed by atoms with van der Waals surface area (Å²) in [4.78, 5) is 15.6. The number of esters is 1. The van der Waals surface area contributed by atoms with Crippen LogP contribution in [0.25, 0.3) is 0 Å². The van der Waals surface area contributed by atoms with E-state index in [2.05, 4.69) is 9.72 Å². The number of ether oxygens (including phenoxy) is 2. The van der Waals surface area contributed by atoms with Gasteiger partial charge in [0.2, 0.25) is 0 Å². The lowest BCUT2D eigenvalue weighted by Gasteiger charge is -2.07. The van der Waals surface area contributed by atoms with Gasteiger partial charge < -0.3 is 9.47 Å². The van der Waals surface area contributed by atoms with Gasteiger partial charge in [-0.3, -0.25) is 4.57 Å². The summed E-state index contributed by atoms with van der Waals surface area (Å²) in [5.74, 6) is 0.308. The van der Waals surface area contributed by atoms with Crippen molar-refractivity contribution in [1.82, 2.24) is 9.55 Å². The third-order valence-corrected chi connectivity index (χ3v) is 4.62. The molecule has 0 atom stereocenters. The summed E-state index contributed by atoms with van der Waals surface area (Å²) < 4.78 is 11.4. The monoisotopic (exact) mass is 360 g/mol. The maximum absolute atomic E-state index is 11.4. The topological polar surface area (TPSA) is 53.4 Å². The number of carbonyl (C=O) groups excluding carboxylic acids is 1. The van der Waals surface area contributed by atoms with Crippen LogP contribution in [0.4, 0.5) is 0 Å². The number of methoxy groups -OCH3 is 2. The molecule has 1 aromatic carbocycles. The molecular formula is C14H14Cl2N2O3S.